The molecule has 196 valence electrons. The number of hydrogen-bond acceptors (Lipinski definition) is 6. The van der Waals surface area contributed by atoms with Gasteiger partial charge in [0.15, 0.2) is 0 Å². The molecule has 0 aliphatic carbocycles. The summed E-state index contributed by atoms with van der Waals surface area (Å²) in [6.45, 7) is 6.21. The number of rotatable bonds is 10. The van der Waals surface area contributed by atoms with Crippen molar-refractivity contribution < 1.29 is 23.8 Å². The molecule has 2 aromatic carbocycles. The Balaban J connectivity index is 1.39. The molecule has 1 atom stereocenters. The van der Waals surface area contributed by atoms with E-state index in [-0.39, 0.29) is 12.3 Å². The number of aliphatic carboxylic acids is 1. The second-order valence-corrected chi connectivity index (χ2v) is 9.29. The first-order valence-electron chi connectivity index (χ1n) is 12.3. The zero-order valence-corrected chi connectivity index (χ0v) is 21.9. The molecular formula is C30H31N3O5. The number of amides is 1. The first-order valence-corrected chi connectivity index (χ1v) is 12.3. The maximum absolute atomic E-state index is 12.9. The van der Waals surface area contributed by atoms with E-state index in [4.69, 9.17) is 9.15 Å². The fraction of sp³-hybridized carbons (Fsp3) is 0.233. The van der Waals surface area contributed by atoms with Crippen LogP contribution >= 0.6 is 0 Å². The van der Waals surface area contributed by atoms with Crippen molar-refractivity contribution in [3.63, 3.8) is 0 Å². The Morgan fingerprint density at radius 2 is 1.71 bits per heavy atom. The van der Waals surface area contributed by atoms with Gasteiger partial charge in [0.05, 0.1) is 13.4 Å². The van der Waals surface area contributed by atoms with Gasteiger partial charge in [-0.3, -0.25) is 4.79 Å². The van der Waals surface area contributed by atoms with Gasteiger partial charge in [0.1, 0.15) is 23.4 Å². The maximum Gasteiger partial charge on any atom is 0.326 e. The third kappa shape index (κ3) is 6.39. The number of anilines is 1. The SMILES string of the molecule is COc1ccnc(NCc2coc(-c3ccc(CC(NC(=O)c4c(C)cc(C)cc4C)C(=O)O)cc3)c2)c1. The van der Waals surface area contributed by atoms with E-state index in [1.165, 1.54) is 0 Å². The number of nitrogens with zero attached hydrogens (tertiary/aromatic N) is 1. The van der Waals surface area contributed by atoms with Crippen LogP contribution < -0.4 is 15.4 Å². The summed E-state index contributed by atoms with van der Waals surface area (Å²) in [5.74, 6) is 0.647. The van der Waals surface area contributed by atoms with Crippen molar-refractivity contribution in [3.05, 3.63) is 100 Å². The van der Waals surface area contributed by atoms with Crippen molar-refractivity contribution in [1.29, 1.82) is 0 Å². The molecule has 1 unspecified atom stereocenters. The molecule has 0 bridgehead atoms. The second kappa shape index (κ2) is 11.6. The first-order chi connectivity index (χ1) is 18.2. The summed E-state index contributed by atoms with van der Waals surface area (Å²) < 4.78 is 11.0. The lowest BCUT2D eigenvalue weighted by Gasteiger charge is -2.17. The lowest BCUT2D eigenvalue weighted by Crippen LogP contribution is -2.42. The summed E-state index contributed by atoms with van der Waals surface area (Å²) in [5.41, 5.74) is 5.81. The molecule has 0 saturated carbocycles. The van der Waals surface area contributed by atoms with E-state index >= 15 is 0 Å². The number of carboxylic acids is 1. The molecule has 0 aliphatic heterocycles. The molecule has 2 heterocycles. The average molecular weight is 514 g/mol. The largest absolute Gasteiger partial charge is 0.497 e. The van der Waals surface area contributed by atoms with E-state index < -0.39 is 12.0 Å². The molecule has 2 aromatic heterocycles. The van der Waals surface area contributed by atoms with Crippen molar-refractivity contribution in [2.75, 3.05) is 12.4 Å². The number of benzene rings is 2. The minimum Gasteiger partial charge on any atom is -0.497 e. The molecule has 1 amide bonds. The van der Waals surface area contributed by atoms with Gasteiger partial charge in [0, 0.05) is 41.9 Å². The standard InChI is InChI=1S/C30H31N3O5/c1-18-11-19(2)28(20(3)12-18)29(34)33-25(30(35)36)13-21-5-7-23(8-6-21)26-14-22(17-38-26)16-32-27-15-24(37-4)9-10-31-27/h5-12,14-15,17,25H,13,16H2,1-4H3,(H,31,32)(H,33,34)(H,35,36). The van der Waals surface area contributed by atoms with Crippen molar-refractivity contribution in [2.24, 2.45) is 0 Å². The summed E-state index contributed by atoms with van der Waals surface area (Å²) >= 11 is 0. The van der Waals surface area contributed by atoms with Gasteiger partial charge in [-0.25, -0.2) is 9.78 Å². The van der Waals surface area contributed by atoms with E-state index in [1.54, 1.807) is 25.6 Å². The molecule has 3 N–H and O–H groups in total. The van der Waals surface area contributed by atoms with Crippen LogP contribution in [0.4, 0.5) is 5.82 Å². The number of aromatic nitrogens is 1. The van der Waals surface area contributed by atoms with Crippen LogP contribution in [0.5, 0.6) is 5.75 Å². The minimum absolute atomic E-state index is 0.159. The molecule has 8 heteroatoms. The first kappa shape index (κ1) is 26.5. The van der Waals surface area contributed by atoms with Gasteiger partial charge in [-0.15, -0.1) is 0 Å². The summed E-state index contributed by atoms with van der Waals surface area (Å²) in [6.07, 6.45) is 3.52. The highest BCUT2D eigenvalue weighted by molar-refractivity contribution is 5.99. The van der Waals surface area contributed by atoms with Crippen LogP contribution in [0.1, 0.15) is 38.2 Å². The number of furan rings is 1. The number of methoxy groups -OCH3 is 1. The Bertz CT molecular complexity index is 1420. The fourth-order valence-electron chi connectivity index (χ4n) is 4.46. The Morgan fingerprint density at radius 1 is 1.00 bits per heavy atom. The predicted octanol–water partition coefficient (Wildman–Crippen LogP) is 5.31. The molecule has 0 saturated heterocycles. The number of carbonyl (C=O) groups excluding carboxylic acids is 1. The highest BCUT2D eigenvalue weighted by Gasteiger charge is 2.23. The van der Waals surface area contributed by atoms with Crippen molar-refractivity contribution in [1.82, 2.24) is 10.3 Å². The highest BCUT2D eigenvalue weighted by atomic mass is 16.5. The molecule has 0 radical (unpaired) electrons. The van der Waals surface area contributed by atoms with Gasteiger partial charge in [-0.1, -0.05) is 42.0 Å². The monoisotopic (exact) mass is 513 g/mol. The van der Waals surface area contributed by atoms with Crippen LogP contribution in [-0.4, -0.2) is 35.1 Å². The highest BCUT2D eigenvalue weighted by Crippen LogP contribution is 2.24. The van der Waals surface area contributed by atoms with Crippen LogP contribution in [0.3, 0.4) is 0 Å². The summed E-state index contributed by atoms with van der Waals surface area (Å²) in [7, 11) is 1.61. The van der Waals surface area contributed by atoms with E-state index in [9.17, 15) is 14.7 Å². The van der Waals surface area contributed by atoms with Crippen LogP contribution in [0, 0.1) is 20.8 Å². The topological polar surface area (TPSA) is 114 Å². The lowest BCUT2D eigenvalue weighted by atomic mass is 9.98. The van der Waals surface area contributed by atoms with Crippen LogP contribution in [0.2, 0.25) is 0 Å². The number of nitrogens with one attached hydrogen (secondary N) is 2. The van der Waals surface area contributed by atoms with Crippen LogP contribution in [0.25, 0.3) is 11.3 Å². The van der Waals surface area contributed by atoms with E-state index in [0.717, 1.165) is 39.1 Å². The Labute approximate surface area is 221 Å². The van der Waals surface area contributed by atoms with Crippen LogP contribution in [-0.2, 0) is 17.8 Å². The van der Waals surface area contributed by atoms with E-state index in [1.807, 2.05) is 69.3 Å². The molecule has 0 spiro atoms. The van der Waals surface area contributed by atoms with Crippen molar-refractivity contribution in [3.8, 4) is 17.1 Å². The second-order valence-electron chi connectivity index (χ2n) is 9.29. The molecular weight excluding hydrogens is 482 g/mol. The minimum atomic E-state index is -1.08. The number of carboxylic acid groups (broad SMARTS) is 1. The van der Waals surface area contributed by atoms with Gasteiger partial charge in [-0.2, -0.15) is 0 Å². The molecule has 8 nitrogen and oxygen atoms in total. The smallest absolute Gasteiger partial charge is 0.326 e. The quantitative estimate of drug-likeness (QED) is 0.263. The van der Waals surface area contributed by atoms with Gasteiger partial charge in [0.2, 0.25) is 0 Å². The Morgan fingerprint density at radius 3 is 2.37 bits per heavy atom. The average Bonchev–Trinajstić information content (AvgIpc) is 3.36. The molecule has 4 aromatic rings. The molecule has 4 rings (SSSR count). The molecule has 0 fully saturated rings. The summed E-state index contributed by atoms with van der Waals surface area (Å²) in [4.78, 5) is 29.1. The normalized spacial score (nSPS) is 11.6. The Hall–Kier alpha value is -4.59. The van der Waals surface area contributed by atoms with Gasteiger partial charge < -0.3 is 24.9 Å². The van der Waals surface area contributed by atoms with Gasteiger partial charge >= 0.3 is 5.97 Å². The van der Waals surface area contributed by atoms with Gasteiger partial charge in [-0.05, 0) is 49.6 Å². The lowest BCUT2D eigenvalue weighted by molar-refractivity contribution is -0.139. The number of hydrogen-bond donors (Lipinski definition) is 3. The third-order valence-electron chi connectivity index (χ3n) is 6.28. The summed E-state index contributed by atoms with van der Waals surface area (Å²) in [6, 6.07) is 15.8. The van der Waals surface area contributed by atoms with Crippen molar-refractivity contribution in [2.45, 2.75) is 39.8 Å². The van der Waals surface area contributed by atoms with Crippen LogP contribution in [0.15, 0.2) is 71.5 Å². The third-order valence-corrected chi connectivity index (χ3v) is 6.28. The number of ether oxygens (including phenoxy) is 1. The predicted molar refractivity (Wildman–Crippen MR) is 146 cm³/mol. The Kier molecular flexibility index (Phi) is 8.11. The van der Waals surface area contributed by atoms with Gasteiger partial charge in [0.25, 0.3) is 5.91 Å². The maximum atomic E-state index is 12.9. The van der Waals surface area contributed by atoms with E-state index in [0.29, 0.717) is 23.7 Å². The molecule has 38 heavy (non-hydrogen) atoms. The van der Waals surface area contributed by atoms with Crippen molar-refractivity contribution >= 4 is 17.7 Å². The fourth-order valence-corrected chi connectivity index (χ4v) is 4.46. The zero-order chi connectivity index (χ0) is 27.2. The number of pyridine rings is 1. The van der Waals surface area contributed by atoms with E-state index in [2.05, 4.69) is 15.6 Å². The molecule has 0 aliphatic rings. The number of carbonyl (C=O) groups is 2. The summed E-state index contributed by atoms with van der Waals surface area (Å²) in [5, 5.41) is 15.7. The number of aryl methyl sites for hydroxylation is 3. The zero-order valence-electron chi connectivity index (χ0n) is 21.9.